The zero-order chi connectivity index (χ0) is 20.9. The molecule has 0 fully saturated rings. The fraction of sp³-hybridized carbons (Fsp3) is 0.381. The van der Waals surface area contributed by atoms with Crippen molar-refractivity contribution in [3.05, 3.63) is 65.5 Å². The molecule has 152 valence electrons. The number of hydrogen-bond acceptors (Lipinski definition) is 5. The molecule has 0 aliphatic rings. The van der Waals surface area contributed by atoms with E-state index in [9.17, 15) is 9.59 Å². The van der Waals surface area contributed by atoms with Crippen molar-refractivity contribution in [1.82, 2.24) is 9.88 Å². The van der Waals surface area contributed by atoms with E-state index < -0.39 is 11.9 Å². The fourth-order valence-corrected chi connectivity index (χ4v) is 2.52. The van der Waals surface area contributed by atoms with Crippen molar-refractivity contribution >= 4 is 11.9 Å². The Hall–Kier alpha value is -2.77. The molecular weight excluding hydrogens is 360 g/mol. The van der Waals surface area contributed by atoms with Crippen LogP contribution in [-0.2, 0) is 20.7 Å². The van der Waals surface area contributed by atoms with Crippen molar-refractivity contribution in [2.45, 2.75) is 32.4 Å². The summed E-state index contributed by atoms with van der Waals surface area (Å²) in [5, 5.41) is 15.8. The van der Waals surface area contributed by atoms with Gasteiger partial charge in [0.15, 0.2) is 0 Å². The maximum atomic E-state index is 9.64. The average molecular weight is 388 g/mol. The molecule has 0 saturated carbocycles. The summed E-state index contributed by atoms with van der Waals surface area (Å²) in [6.45, 7) is 2.72. The van der Waals surface area contributed by atoms with Crippen LogP contribution in [0, 0.1) is 0 Å². The third kappa shape index (κ3) is 8.75. The van der Waals surface area contributed by atoms with Gasteiger partial charge in [-0.1, -0.05) is 30.3 Å². The molecule has 7 heteroatoms. The second kappa shape index (κ2) is 12.6. The van der Waals surface area contributed by atoms with Crippen LogP contribution in [-0.4, -0.2) is 52.7 Å². The first-order valence-electron chi connectivity index (χ1n) is 9.04. The lowest BCUT2D eigenvalue weighted by Gasteiger charge is -2.26. The van der Waals surface area contributed by atoms with Crippen LogP contribution in [0.5, 0.6) is 0 Å². The summed E-state index contributed by atoms with van der Waals surface area (Å²) in [5.41, 5.74) is 3.55. The monoisotopic (exact) mass is 388 g/mol. The van der Waals surface area contributed by atoms with Gasteiger partial charge >= 0.3 is 11.9 Å². The van der Waals surface area contributed by atoms with Crippen molar-refractivity contribution in [3.8, 4) is 0 Å². The Morgan fingerprint density at radius 2 is 1.64 bits per heavy atom. The highest BCUT2D eigenvalue weighted by Gasteiger charge is 2.17. The molecule has 1 atom stereocenters. The Morgan fingerprint density at radius 1 is 1.04 bits per heavy atom. The number of hydrogen-bond donors (Lipinski definition) is 2. The number of benzene rings is 1. The molecule has 28 heavy (non-hydrogen) atoms. The molecule has 1 aromatic carbocycles. The van der Waals surface area contributed by atoms with E-state index >= 15 is 0 Å². The van der Waals surface area contributed by atoms with E-state index in [0.29, 0.717) is 6.61 Å². The zero-order valence-corrected chi connectivity index (χ0v) is 16.5. The van der Waals surface area contributed by atoms with Crippen molar-refractivity contribution < 1.29 is 24.5 Å². The number of carbonyl (C=O) groups is 2. The molecule has 0 saturated heterocycles. The lowest BCUT2D eigenvalue weighted by atomic mass is 10.0. The van der Waals surface area contributed by atoms with Gasteiger partial charge in [-0.3, -0.25) is 19.5 Å². The van der Waals surface area contributed by atoms with Crippen LogP contribution in [0.1, 0.15) is 42.8 Å². The number of nitrogens with zero attached hydrogens (tertiary/aromatic N) is 2. The Labute approximate surface area is 165 Å². The van der Waals surface area contributed by atoms with Crippen LogP contribution in [0.2, 0.25) is 0 Å². The third-order valence-corrected chi connectivity index (χ3v) is 3.77. The van der Waals surface area contributed by atoms with Gasteiger partial charge in [0, 0.05) is 24.9 Å². The van der Waals surface area contributed by atoms with Gasteiger partial charge in [0.1, 0.15) is 6.23 Å². The molecule has 2 rings (SSSR count). The Kier molecular flexibility index (Phi) is 10.5. The highest BCUT2D eigenvalue weighted by Crippen LogP contribution is 2.25. The largest absolute Gasteiger partial charge is 0.481 e. The molecule has 0 amide bonds. The number of carboxylic acid groups (broad SMARTS) is 2. The van der Waals surface area contributed by atoms with Crippen LogP contribution in [0.25, 0.3) is 0 Å². The van der Waals surface area contributed by atoms with E-state index in [1.807, 2.05) is 39.3 Å². The molecule has 0 aliphatic heterocycles. The molecule has 1 heterocycles. The lowest BCUT2D eigenvalue weighted by molar-refractivity contribution is -0.143. The summed E-state index contributed by atoms with van der Waals surface area (Å²) in [4.78, 5) is 25.8. The molecule has 0 spiro atoms. The van der Waals surface area contributed by atoms with Gasteiger partial charge < -0.3 is 14.9 Å². The van der Waals surface area contributed by atoms with E-state index in [2.05, 4.69) is 40.2 Å². The second-order valence-corrected chi connectivity index (χ2v) is 6.26. The highest BCUT2D eigenvalue weighted by molar-refractivity contribution is 5.75. The number of aromatic nitrogens is 1. The summed E-state index contributed by atoms with van der Waals surface area (Å²) in [6.07, 6.45) is 2.06. The van der Waals surface area contributed by atoms with Crippen molar-refractivity contribution in [1.29, 1.82) is 0 Å². The van der Waals surface area contributed by atoms with Gasteiger partial charge in [-0.25, -0.2) is 0 Å². The van der Waals surface area contributed by atoms with E-state index in [1.54, 1.807) is 0 Å². The number of rotatable bonds is 9. The topological polar surface area (TPSA) is 100.0 Å². The number of pyridine rings is 1. The molecule has 0 aliphatic carbocycles. The maximum Gasteiger partial charge on any atom is 0.303 e. The quantitative estimate of drug-likeness (QED) is 0.636. The molecule has 2 aromatic rings. The minimum atomic E-state index is -1.08. The second-order valence-electron chi connectivity index (χ2n) is 6.26. The lowest BCUT2D eigenvalue weighted by Crippen LogP contribution is -2.24. The Balaban J connectivity index is 0.000000416. The maximum absolute atomic E-state index is 9.64. The van der Waals surface area contributed by atoms with Crippen molar-refractivity contribution in [2.75, 3.05) is 20.7 Å². The Morgan fingerprint density at radius 3 is 2.14 bits per heavy atom. The minimum absolute atomic E-state index is 0.0140. The van der Waals surface area contributed by atoms with Crippen LogP contribution < -0.4 is 0 Å². The first-order valence-corrected chi connectivity index (χ1v) is 9.04. The molecule has 1 aromatic heterocycles. The van der Waals surface area contributed by atoms with Crippen molar-refractivity contribution in [2.24, 2.45) is 0 Å². The summed E-state index contributed by atoms with van der Waals surface area (Å²) in [7, 11) is 4.08. The number of carboxylic acids is 2. The summed E-state index contributed by atoms with van der Waals surface area (Å²) >= 11 is 0. The van der Waals surface area contributed by atoms with E-state index in [0.717, 1.165) is 12.1 Å². The first kappa shape index (κ1) is 23.3. The van der Waals surface area contributed by atoms with Gasteiger partial charge in [-0.15, -0.1) is 0 Å². The summed E-state index contributed by atoms with van der Waals surface area (Å²) in [5.74, 6) is -2.15. The first-order chi connectivity index (χ1) is 13.3. The number of ether oxygens (including phenoxy) is 1. The van der Waals surface area contributed by atoms with Crippen LogP contribution in [0.3, 0.4) is 0 Å². The standard InChI is InChI=1S/C17H22N2O.C4H6O4/c1-4-20-17(19(2)3)16-11-6-5-9-14(16)13-15-10-7-8-12-18-15;5-3(6)1-2-4(7)8/h5-12,17H,4,13H2,1-3H3;1-2H2,(H,5,6)(H,7,8). The fourth-order valence-electron chi connectivity index (χ4n) is 2.52. The van der Waals surface area contributed by atoms with Gasteiger partial charge in [0.25, 0.3) is 0 Å². The van der Waals surface area contributed by atoms with E-state index in [1.165, 1.54) is 11.1 Å². The van der Waals surface area contributed by atoms with Gasteiger partial charge in [0.05, 0.1) is 12.8 Å². The van der Waals surface area contributed by atoms with Gasteiger partial charge in [0.2, 0.25) is 0 Å². The Bertz CT molecular complexity index is 721. The van der Waals surface area contributed by atoms with Crippen LogP contribution in [0.4, 0.5) is 0 Å². The third-order valence-electron chi connectivity index (χ3n) is 3.77. The molecule has 0 bridgehead atoms. The number of aliphatic carboxylic acids is 2. The minimum Gasteiger partial charge on any atom is -0.481 e. The molecule has 7 nitrogen and oxygen atoms in total. The predicted molar refractivity (Wildman–Crippen MR) is 106 cm³/mol. The van der Waals surface area contributed by atoms with Gasteiger partial charge in [-0.2, -0.15) is 0 Å². The summed E-state index contributed by atoms with van der Waals surface area (Å²) in [6, 6.07) is 14.4. The average Bonchev–Trinajstić information content (AvgIpc) is 2.66. The van der Waals surface area contributed by atoms with Crippen LogP contribution >= 0.6 is 0 Å². The van der Waals surface area contributed by atoms with Crippen LogP contribution in [0.15, 0.2) is 48.7 Å². The van der Waals surface area contributed by atoms with E-state index in [4.69, 9.17) is 14.9 Å². The zero-order valence-electron chi connectivity index (χ0n) is 16.5. The molecule has 1 unspecified atom stereocenters. The predicted octanol–water partition coefficient (Wildman–Crippen LogP) is 3.20. The normalized spacial score (nSPS) is 11.4. The molecular formula is C21H28N2O5. The smallest absolute Gasteiger partial charge is 0.303 e. The molecule has 2 N–H and O–H groups in total. The van der Waals surface area contributed by atoms with Gasteiger partial charge in [-0.05, 0) is 44.3 Å². The SMILES string of the molecule is CCOC(c1ccccc1Cc1ccccn1)N(C)C.O=C(O)CCC(=O)O. The summed E-state index contributed by atoms with van der Waals surface area (Å²) < 4.78 is 5.87. The highest BCUT2D eigenvalue weighted by atomic mass is 16.5. The van der Waals surface area contributed by atoms with Crippen molar-refractivity contribution in [3.63, 3.8) is 0 Å². The van der Waals surface area contributed by atoms with E-state index in [-0.39, 0.29) is 19.1 Å². The molecule has 0 radical (unpaired) electrons.